The van der Waals surface area contributed by atoms with Crippen LogP contribution in [-0.4, -0.2) is 33.5 Å². The minimum atomic E-state index is -4.75. The number of nitro groups is 1. The van der Waals surface area contributed by atoms with Crippen LogP contribution in [0.5, 0.6) is 11.8 Å². The van der Waals surface area contributed by atoms with Crippen molar-refractivity contribution in [2.45, 2.75) is 32.0 Å². The molecule has 11 heteroatoms. The molecular formula is C15H14F3N3O5. The quantitative estimate of drug-likeness (QED) is 0.571. The minimum absolute atomic E-state index is 0.0729. The average molecular weight is 373 g/mol. The molecule has 0 saturated carbocycles. The van der Waals surface area contributed by atoms with Crippen LogP contribution in [-0.2, 0) is 17.9 Å². The Balaban J connectivity index is 1.51. The van der Waals surface area contributed by atoms with Crippen molar-refractivity contribution in [3.8, 4) is 11.8 Å². The van der Waals surface area contributed by atoms with Crippen LogP contribution in [0, 0.1) is 10.1 Å². The third-order valence-electron chi connectivity index (χ3n) is 3.58. The molecule has 8 nitrogen and oxygen atoms in total. The monoisotopic (exact) mass is 373 g/mol. The number of rotatable bonds is 6. The van der Waals surface area contributed by atoms with Crippen molar-refractivity contribution in [2.24, 2.45) is 0 Å². The molecule has 3 rings (SSSR count). The van der Waals surface area contributed by atoms with Gasteiger partial charge in [-0.05, 0) is 22.6 Å². The number of fused-ring (bicyclic) bond motifs is 1. The maximum Gasteiger partial charge on any atom is 0.573 e. The highest BCUT2D eigenvalue weighted by Gasteiger charge is 2.31. The fourth-order valence-corrected chi connectivity index (χ4v) is 2.48. The minimum Gasteiger partial charge on any atom is -0.440 e. The van der Waals surface area contributed by atoms with Crippen molar-refractivity contribution in [1.29, 1.82) is 0 Å². The molecule has 0 saturated heterocycles. The van der Waals surface area contributed by atoms with Gasteiger partial charge in [-0.15, -0.1) is 13.2 Å². The van der Waals surface area contributed by atoms with Gasteiger partial charge in [0.1, 0.15) is 18.1 Å². The molecule has 1 aliphatic rings. The molecule has 140 valence electrons. The molecule has 1 atom stereocenters. The van der Waals surface area contributed by atoms with Gasteiger partial charge in [-0.3, -0.25) is 4.57 Å². The lowest BCUT2D eigenvalue weighted by Crippen LogP contribution is -2.30. The van der Waals surface area contributed by atoms with E-state index in [-0.39, 0.29) is 36.9 Å². The Morgan fingerprint density at radius 2 is 2.23 bits per heavy atom. The molecule has 1 aromatic heterocycles. The summed E-state index contributed by atoms with van der Waals surface area (Å²) in [5.74, 6) is -0.607. The van der Waals surface area contributed by atoms with Crippen LogP contribution in [0.3, 0.4) is 0 Å². The number of ether oxygens (including phenoxy) is 3. The molecule has 1 aliphatic heterocycles. The second kappa shape index (κ2) is 7.20. The Hall–Kier alpha value is -2.82. The summed E-state index contributed by atoms with van der Waals surface area (Å²) in [4.78, 5) is 13.9. The van der Waals surface area contributed by atoms with Crippen LogP contribution in [0.1, 0.15) is 12.0 Å². The van der Waals surface area contributed by atoms with Gasteiger partial charge < -0.3 is 24.3 Å². The molecule has 0 radical (unpaired) electrons. The zero-order valence-corrected chi connectivity index (χ0v) is 13.3. The molecule has 0 fully saturated rings. The summed E-state index contributed by atoms with van der Waals surface area (Å²) < 4.78 is 53.1. The molecular weight excluding hydrogens is 359 g/mol. The summed E-state index contributed by atoms with van der Waals surface area (Å²) in [6, 6.07) is 5.64. The summed E-state index contributed by atoms with van der Waals surface area (Å²) >= 11 is 0. The summed E-state index contributed by atoms with van der Waals surface area (Å²) in [5, 5.41) is 10.7. The fraction of sp³-hybridized carbons (Fsp3) is 0.400. The highest BCUT2D eigenvalue weighted by atomic mass is 19.4. The zero-order chi connectivity index (χ0) is 18.7. The van der Waals surface area contributed by atoms with E-state index in [0.29, 0.717) is 18.5 Å². The van der Waals surface area contributed by atoms with E-state index in [0.717, 1.165) is 0 Å². The third-order valence-corrected chi connectivity index (χ3v) is 3.58. The van der Waals surface area contributed by atoms with E-state index in [1.165, 1.54) is 24.4 Å². The first-order valence-electron chi connectivity index (χ1n) is 7.61. The van der Waals surface area contributed by atoms with Crippen molar-refractivity contribution in [3.63, 3.8) is 0 Å². The largest absolute Gasteiger partial charge is 0.573 e. The van der Waals surface area contributed by atoms with Crippen LogP contribution >= 0.6 is 0 Å². The highest BCUT2D eigenvalue weighted by molar-refractivity contribution is 5.28. The van der Waals surface area contributed by atoms with Crippen LogP contribution in [0.25, 0.3) is 0 Å². The Morgan fingerprint density at radius 1 is 1.42 bits per heavy atom. The fourth-order valence-electron chi connectivity index (χ4n) is 2.48. The normalized spacial score (nSPS) is 16.7. The molecule has 26 heavy (non-hydrogen) atoms. The highest BCUT2D eigenvalue weighted by Crippen LogP contribution is 2.25. The maximum atomic E-state index is 12.2. The van der Waals surface area contributed by atoms with Gasteiger partial charge in [0, 0.05) is 17.9 Å². The van der Waals surface area contributed by atoms with Gasteiger partial charge in [-0.2, -0.15) is 0 Å². The second-order valence-electron chi connectivity index (χ2n) is 5.57. The summed E-state index contributed by atoms with van der Waals surface area (Å²) in [5.41, 5.74) is 0.514. The second-order valence-corrected chi connectivity index (χ2v) is 5.57. The van der Waals surface area contributed by atoms with Crippen LogP contribution in [0.2, 0.25) is 0 Å². The number of imidazole rings is 1. The van der Waals surface area contributed by atoms with E-state index in [1.54, 1.807) is 10.6 Å². The SMILES string of the molecule is O=[N+]([O-])c1cn2c(n1)O[C@@H](COCc1cccc(OC(F)(F)F)c1)CC2. The first-order chi connectivity index (χ1) is 12.3. The predicted molar refractivity (Wildman–Crippen MR) is 80.7 cm³/mol. The maximum absolute atomic E-state index is 12.2. The van der Waals surface area contributed by atoms with Crippen LogP contribution in [0.15, 0.2) is 30.5 Å². The number of hydrogen-bond acceptors (Lipinski definition) is 6. The Bertz CT molecular complexity index is 793. The number of halogens is 3. The van der Waals surface area contributed by atoms with Gasteiger partial charge in [-0.1, -0.05) is 12.1 Å². The predicted octanol–water partition coefficient (Wildman–Crippen LogP) is 3.06. The van der Waals surface area contributed by atoms with Crippen molar-refractivity contribution < 1.29 is 32.3 Å². The van der Waals surface area contributed by atoms with Gasteiger partial charge in [0.2, 0.25) is 0 Å². The molecule has 2 heterocycles. The third kappa shape index (κ3) is 4.63. The average Bonchev–Trinajstić information content (AvgIpc) is 2.97. The van der Waals surface area contributed by atoms with E-state index in [9.17, 15) is 23.3 Å². The zero-order valence-electron chi connectivity index (χ0n) is 13.3. The first-order valence-corrected chi connectivity index (χ1v) is 7.61. The number of aryl methyl sites for hydroxylation is 1. The van der Waals surface area contributed by atoms with Gasteiger partial charge in [0.15, 0.2) is 0 Å². The standard InChI is InChI=1S/C15H14F3N3O5/c16-15(17,18)26-11-3-1-2-10(6-11)8-24-9-12-4-5-20-7-13(21(22)23)19-14(20)25-12/h1-3,6-7,12H,4-5,8-9H2/t12-/m1/s1. The van der Waals surface area contributed by atoms with Crippen LogP contribution < -0.4 is 9.47 Å². The van der Waals surface area contributed by atoms with Crippen molar-refractivity contribution in [1.82, 2.24) is 9.55 Å². The molecule has 2 aromatic rings. The first kappa shape index (κ1) is 18.0. The summed E-state index contributed by atoms with van der Waals surface area (Å²) in [6.45, 7) is 0.744. The molecule has 0 aliphatic carbocycles. The lowest BCUT2D eigenvalue weighted by Gasteiger charge is -2.22. The molecule has 0 spiro atoms. The Morgan fingerprint density at radius 3 is 2.96 bits per heavy atom. The van der Waals surface area contributed by atoms with E-state index in [4.69, 9.17) is 9.47 Å². The van der Waals surface area contributed by atoms with Gasteiger partial charge in [0.25, 0.3) is 0 Å². The number of benzene rings is 1. The molecule has 0 N–H and O–H groups in total. The van der Waals surface area contributed by atoms with Crippen molar-refractivity contribution in [2.75, 3.05) is 6.61 Å². The molecule has 1 aromatic carbocycles. The van der Waals surface area contributed by atoms with Crippen LogP contribution in [0.4, 0.5) is 19.0 Å². The number of nitrogens with zero attached hydrogens (tertiary/aromatic N) is 3. The van der Waals surface area contributed by atoms with E-state index < -0.39 is 11.3 Å². The lowest BCUT2D eigenvalue weighted by atomic mass is 10.2. The Labute approximate surface area is 145 Å². The number of aromatic nitrogens is 2. The Kier molecular flexibility index (Phi) is 4.98. The van der Waals surface area contributed by atoms with E-state index >= 15 is 0 Å². The molecule has 0 bridgehead atoms. The number of hydrogen-bond donors (Lipinski definition) is 0. The van der Waals surface area contributed by atoms with Gasteiger partial charge >= 0.3 is 18.2 Å². The van der Waals surface area contributed by atoms with E-state index in [1.807, 2.05) is 0 Å². The lowest BCUT2D eigenvalue weighted by molar-refractivity contribution is -0.389. The van der Waals surface area contributed by atoms with E-state index in [2.05, 4.69) is 9.72 Å². The smallest absolute Gasteiger partial charge is 0.440 e. The summed E-state index contributed by atoms with van der Waals surface area (Å²) in [6.07, 6.45) is -3.23. The molecule has 0 unspecified atom stereocenters. The van der Waals surface area contributed by atoms with Gasteiger partial charge in [0.05, 0.1) is 13.2 Å². The topological polar surface area (TPSA) is 88.7 Å². The van der Waals surface area contributed by atoms with Crippen molar-refractivity contribution >= 4 is 5.82 Å². The number of alkyl halides is 3. The van der Waals surface area contributed by atoms with Crippen molar-refractivity contribution in [3.05, 3.63) is 46.1 Å². The summed E-state index contributed by atoms with van der Waals surface area (Å²) in [7, 11) is 0. The molecule has 0 amide bonds. The van der Waals surface area contributed by atoms with Gasteiger partial charge in [-0.25, -0.2) is 0 Å².